The number of fused-ring (bicyclic) bond motifs is 1. The molecule has 1 aliphatic rings. The Hall–Kier alpha value is -2.14. The smallest absolute Gasteiger partial charge is 0.145 e. The van der Waals surface area contributed by atoms with Crippen molar-refractivity contribution in [2.24, 2.45) is 5.84 Å². The zero-order chi connectivity index (χ0) is 12.5. The summed E-state index contributed by atoms with van der Waals surface area (Å²) < 4.78 is 0. The predicted octanol–water partition coefficient (Wildman–Crippen LogP) is 1.76. The molecule has 0 spiro atoms. The average Bonchev–Trinajstić information content (AvgIpc) is 2.81. The molecule has 0 atom stereocenters. The molecule has 0 saturated heterocycles. The topological polar surface area (TPSA) is 67.1 Å². The van der Waals surface area contributed by atoms with Gasteiger partial charge in [0.15, 0.2) is 0 Å². The minimum absolute atomic E-state index is 0.641. The van der Waals surface area contributed by atoms with Crippen molar-refractivity contribution in [3.8, 4) is 0 Å². The molecule has 1 aliphatic heterocycles. The van der Waals surface area contributed by atoms with E-state index in [4.69, 9.17) is 5.84 Å². The van der Waals surface area contributed by atoms with Gasteiger partial charge in [0.05, 0.1) is 0 Å². The van der Waals surface area contributed by atoms with Gasteiger partial charge in [0.2, 0.25) is 0 Å². The molecular formula is C13H15N5. The van der Waals surface area contributed by atoms with Crippen LogP contribution in [0.25, 0.3) is 0 Å². The van der Waals surface area contributed by atoms with Crippen LogP contribution < -0.4 is 16.2 Å². The molecular weight excluding hydrogens is 226 g/mol. The van der Waals surface area contributed by atoms with Crippen molar-refractivity contribution >= 4 is 17.3 Å². The minimum atomic E-state index is 0.641. The van der Waals surface area contributed by atoms with Crippen molar-refractivity contribution in [1.82, 2.24) is 9.97 Å². The number of nitrogen functional groups attached to an aromatic ring is 1. The van der Waals surface area contributed by atoms with Gasteiger partial charge in [-0.2, -0.15) is 0 Å². The third kappa shape index (κ3) is 1.78. The largest absolute Gasteiger partial charge is 0.326 e. The van der Waals surface area contributed by atoms with Gasteiger partial charge in [-0.3, -0.25) is 0 Å². The first kappa shape index (κ1) is 11.0. The Morgan fingerprint density at radius 1 is 1.28 bits per heavy atom. The molecule has 5 heteroatoms. The summed E-state index contributed by atoms with van der Waals surface area (Å²) in [4.78, 5) is 10.9. The van der Waals surface area contributed by atoms with E-state index in [1.165, 1.54) is 11.3 Å². The number of hydrazine groups is 1. The summed E-state index contributed by atoms with van der Waals surface area (Å²) in [5.41, 5.74) is 5.16. The number of hydrogen-bond donors (Lipinski definition) is 2. The monoisotopic (exact) mass is 241 g/mol. The standard InChI is InChI=1S/C13H15N5/c1-9-15-12(17-14)8-13(16-9)18-7-6-10-4-2-3-5-11(10)18/h2-5,8H,6-7,14H2,1H3,(H,15,16,17). The number of para-hydroxylation sites is 1. The lowest BCUT2D eigenvalue weighted by atomic mass is 10.2. The highest BCUT2D eigenvalue weighted by atomic mass is 15.3. The second-order valence-electron chi connectivity index (χ2n) is 4.33. The van der Waals surface area contributed by atoms with E-state index in [0.29, 0.717) is 11.6 Å². The van der Waals surface area contributed by atoms with E-state index in [-0.39, 0.29) is 0 Å². The Morgan fingerprint density at radius 3 is 2.94 bits per heavy atom. The van der Waals surface area contributed by atoms with Crippen molar-refractivity contribution in [1.29, 1.82) is 0 Å². The molecule has 92 valence electrons. The van der Waals surface area contributed by atoms with E-state index in [0.717, 1.165) is 18.8 Å². The summed E-state index contributed by atoms with van der Waals surface area (Å²) in [5.74, 6) is 7.66. The number of benzene rings is 1. The van der Waals surface area contributed by atoms with Crippen LogP contribution in [0.1, 0.15) is 11.4 Å². The van der Waals surface area contributed by atoms with E-state index in [9.17, 15) is 0 Å². The second-order valence-corrected chi connectivity index (χ2v) is 4.33. The fourth-order valence-electron chi connectivity index (χ4n) is 2.34. The summed E-state index contributed by atoms with van der Waals surface area (Å²) in [5, 5.41) is 0. The van der Waals surface area contributed by atoms with E-state index in [2.05, 4.69) is 38.5 Å². The number of anilines is 3. The van der Waals surface area contributed by atoms with Crippen LogP contribution in [0.15, 0.2) is 30.3 Å². The van der Waals surface area contributed by atoms with E-state index in [1.54, 1.807) is 0 Å². The van der Waals surface area contributed by atoms with Crippen molar-refractivity contribution in [2.45, 2.75) is 13.3 Å². The zero-order valence-electron chi connectivity index (χ0n) is 10.2. The van der Waals surface area contributed by atoms with Gasteiger partial charge < -0.3 is 10.3 Å². The van der Waals surface area contributed by atoms with E-state index >= 15 is 0 Å². The number of nitrogens with one attached hydrogen (secondary N) is 1. The van der Waals surface area contributed by atoms with Gasteiger partial charge in [-0.1, -0.05) is 18.2 Å². The lowest BCUT2D eigenvalue weighted by Crippen LogP contribution is -2.17. The van der Waals surface area contributed by atoms with Crippen LogP contribution in [0.3, 0.4) is 0 Å². The number of hydrogen-bond acceptors (Lipinski definition) is 5. The van der Waals surface area contributed by atoms with Gasteiger partial charge in [0, 0.05) is 18.3 Å². The second kappa shape index (κ2) is 4.27. The Morgan fingerprint density at radius 2 is 2.11 bits per heavy atom. The first-order chi connectivity index (χ1) is 8.78. The maximum Gasteiger partial charge on any atom is 0.145 e. The molecule has 0 radical (unpaired) electrons. The van der Waals surface area contributed by atoms with Gasteiger partial charge in [0.25, 0.3) is 0 Å². The molecule has 5 nitrogen and oxygen atoms in total. The summed E-state index contributed by atoms with van der Waals surface area (Å²) in [7, 11) is 0. The van der Waals surface area contributed by atoms with Crippen LogP contribution in [0, 0.1) is 6.92 Å². The fraction of sp³-hybridized carbons (Fsp3) is 0.231. The molecule has 3 N–H and O–H groups in total. The predicted molar refractivity (Wildman–Crippen MR) is 71.7 cm³/mol. The molecule has 1 aromatic heterocycles. The van der Waals surface area contributed by atoms with Gasteiger partial charge in [-0.25, -0.2) is 15.8 Å². The van der Waals surface area contributed by atoms with Crippen LogP contribution in [-0.4, -0.2) is 16.5 Å². The van der Waals surface area contributed by atoms with Crippen LogP contribution in [-0.2, 0) is 6.42 Å². The quantitative estimate of drug-likeness (QED) is 0.619. The highest BCUT2D eigenvalue weighted by Crippen LogP contribution is 2.33. The van der Waals surface area contributed by atoms with Gasteiger partial charge in [-0.15, -0.1) is 0 Å². The van der Waals surface area contributed by atoms with Crippen molar-refractivity contribution < 1.29 is 0 Å². The molecule has 0 bridgehead atoms. The molecule has 0 amide bonds. The summed E-state index contributed by atoms with van der Waals surface area (Å²) in [6.45, 7) is 2.81. The molecule has 2 aromatic rings. The zero-order valence-corrected chi connectivity index (χ0v) is 10.2. The minimum Gasteiger partial charge on any atom is -0.326 e. The summed E-state index contributed by atoms with van der Waals surface area (Å²) in [6.07, 6.45) is 1.05. The van der Waals surface area contributed by atoms with Gasteiger partial charge in [0.1, 0.15) is 17.5 Å². The third-order valence-corrected chi connectivity index (χ3v) is 3.14. The SMILES string of the molecule is Cc1nc(NN)cc(N2CCc3ccccc32)n1. The summed E-state index contributed by atoms with van der Waals surface area (Å²) >= 11 is 0. The van der Waals surface area contributed by atoms with Crippen LogP contribution in [0.4, 0.5) is 17.3 Å². The molecule has 1 aromatic carbocycles. The normalized spacial score (nSPS) is 13.6. The molecule has 0 fully saturated rings. The molecule has 0 unspecified atom stereocenters. The Bertz CT molecular complexity index is 581. The Balaban J connectivity index is 2.04. The highest BCUT2D eigenvalue weighted by molar-refractivity contribution is 5.68. The fourth-order valence-corrected chi connectivity index (χ4v) is 2.34. The maximum absolute atomic E-state index is 5.42. The molecule has 0 saturated carbocycles. The number of nitrogens with two attached hydrogens (primary N) is 1. The van der Waals surface area contributed by atoms with Crippen molar-refractivity contribution in [3.05, 3.63) is 41.7 Å². The van der Waals surface area contributed by atoms with Crippen LogP contribution in [0.2, 0.25) is 0 Å². The number of rotatable bonds is 2. The summed E-state index contributed by atoms with van der Waals surface area (Å²) in [6, 6.07) is 10.3. The average molecular weight is 241 g/mol. The maximum atomic E-state index is 5.42. The van der Waals surface area contributed by atoms with Gasteiger partial charge >= 0.3 is 0 Å². The Kier molecular flexibility index (Phi) is 2.60. The van der Waals surface area contributed by atoms with Gasteiger partial charge in [-0.05, 0) is 25.0 Å². The third-order valence-electron chi connectivity index (χ3n) is 3.14. The lowest BCUT2D eigenvalue weighted by Gasteiger charge is -2.19. The number of nitrogens with zero attached hydrogens (tertiary/aromatic N) is 3. The molecule has 18 heavy (non-hydrogen) atoms. The highest BCUT2D eigenvalue weighted by Gasteiger charge is 2.21. The van der Waals surface area contributed by atoms with E-state index in [1.807, 2.05) is 19.1 Å². The molecule has 2 heterocycles. The first-order valence-electron chi connectivity index (χ1n) is 5.95. The van der Waals surface area contributed by atoms with Crippen molar-refractivity contribution in [2.75, 3.05) is 16.9 Å². The van der Waals surface area contributed by atoms with Crippen molar-refractivity contribution in [3.63, 3.8) is 0 Å². The Labute approximate surface area is 106 Å². The molecule has 3 rings (SSSR count). The lowest BCUT2D eigenvalue weighted by molar-refractivity contribution is 0.944. The first-order valence-corrected chi connectivity index (χ1v) is 5.95. The van der Waals surface area contributed by atoms with Crippen LogP contribution >= 0.6 is 0 Å². The number of aryl methyl sites for hydroxylation is 1. The van der Waals surface area contributed by atoms with E-state index < -0.39 is 0 Å². The van der Waals surface area contributed by atoms with Crippen LogP contribution in [0.5, 0.6) is 0 Å². The molecule has 0 aliphatic carbocycles. The number of aromatic nitrogens is 2.